The van der Waals surface area contributed by atoms with Crippen molar-refractivity contribution in [2.45, 2.75) is 26.0 Å². The molecule has 0 bridgehead atoms. The first kappa shape index (κ1) is 21.5. The Morgan fingerprint density at radius 1 is 1.00 bits per heavy atom. The Hall–Kier alpha value is -4.04. The number of nitrogens with zero attached hydrogens (tertiary/aromatic N) is 3. The van der Waals surface area contributed by atoms with Gasteiger partial charge in [0, 0.05) is 22.1 Å². The number of halogens is 1. The molecule has 0 unspecified atom stereocenters. The van der Waals surface area contributed by atoms with E-state index in [1.807, 2.05) is 59.2 Å². The molecular weight excluding hydrogens is 463 g/mol. The van der Waals surface area contributed by atoms with Gasteiger partial charge in [0.15, 0.2) is 5.82 Å². The summed E-state index contributed by atoms with van der Waals surface area (Å²) in [6.45, 7) is 0.289. The van der Waals surface area contributed by atoms with Crippen molar-refractivity contribution in [3.8, 4) is 11.4 Å². The van der Waals surface area contributed by atoms with Crippen LogP contribution in [0.25, 0.3) is 15.8 Å². The van der Waals surface area contributed by atoms with Crippen molar-refractivity contribution in [2.75, 3.05) is 0 Å². The molecule has 35 heavy (non-hydrogen) atoms. The number of amides is 1. The zero-order valence-electron chi connectivity index (χ0n) is 18.7. The maximum atomic E-state index is 14.8. The fourth-order valence-electron chi connectivity index (χ4n) is 4.50. The summed E-state index contributed by atoms with van der Waals surface area (Å²) in [7, 11) is 0. The zero-order valence-corrected chi connectivity index (χ0v) is 19.5. The van der Waals surface area contributed by atoms with E-state index in [0.717, 1.165) is 24.4 Å². The van der Waals surface area contributed by atoms with Gasteiger partial charge >= 0.3 is 0 Å². The van der Waals surface area contributed by atoms with Gasteiger partial charge in [-0.15, -0.1) is 21.5 Å². The van der Waals surface area contributed by atoms with Crippen LogP contribution in [0.3, 0.4) is 0 Å². The predicted octanol–water partition coefficient (Wildman–Crippen LogP) is 5.23. The number of aryl methyl sites for hydroxylation is 2. The number of benzene rings is 3. The van der Waals surface area contributed by atoms with Gasteiger partial charge in [-0.2, -0.15) is 0 Å². The monoisotopic (exact) mass is 484 g/mol. The van der Waals surface area contributed by atoms with Crippen molar-refractivity contribution in [1.82, 2.24) is 20.1 Å². The molecule has 5 aromatic rings. The van der Waals surface area contributed by atoms with Gasteiger partial charge in [0.1, 0.15) is 24.0 Å². The van der Waals surface area contributed by atoms with Crippen LogP contribution >= 0.6 is 11.3 Å². The summed E-state index contributed by atoms with van der Waals surface area (Å²) in [6.07, 6.45) is 1.72. The van der Waals surface area contributed by atoms with E-state index >= 15 is 0 Å². The Morgan fingerprint density at radius 3 is 2.71 bits per heavy atom. The highest BCUT2D eigenvalue weighted by Crippen LogP contribution is 2.34. The summed E-state index contributed by atoms with van der Waals surface area (Å²) in [6, 6.07) is 22.3. The summed E-state index contributed by atoms with van der Waals surface area (Å²) in [4.78, 5) is 13.8. The number of thiophene rings is 1. The summed E-state index contributed by atoms with van der Waals surface area (Å²) >= 11 is 1.26. The van der Waals surface area contributed by atoms with Crippen molar-refractivity contribution in [3.05, 3.63) is 106 Å². The Labute approximate surface area is 205 Å². The Kier molecular flexibility index (Phi) is 5.50. The molecule has 0 spiro atoms. The number of hydrogen-bond donors (Lipinski definition) is 1. The number of nitrogens with one attached hydrogen (secondary N) is 1. The minimum atomic E-state index is -0.368. The maximum Gasteiger partial charge on any atom is 0.262 e. The second-order valence-electron chi connectivity index (χ2n) is 8.30. The molecule has 3 heterocycles. The van der Waals surface area contributed by atoms with Gasteiger partial charge in [0.05, 0.1) is 17.1 Å². The third-order valence-corrected chi connectivity index (χ3v) is 7.35. The van der Waals surface area contributed by atoms with Crippen LogP contribution in [0.2, 0.25) is 0 Å². The molecule has 0 radical (unpaired) electrons. The molecule has 1 N–H and O–H groups in total. The molecular formula is C27H21FN4O2S. The van der Waals surface area contributed by atoms with E-state index in [4.69, 9.17) is 4.74 Å². The fraction of sp³-hybridized carbons (Fsp3) is 0.148. The van der Waals surface area contributed by atoms with Crippen LogP contribution in [0.4, 0.5) is 4.39 Å². The Balaban J connectivity index is 1.29. The highest BCUT2D eigenvalue weighted by Gasteiger charge is 2.24. The smallest absolute Gasteiger partial charge is 0.262 e. The second kappa shape index (κ2) is 8.96. The Morgan fingerprint density at radius 2 is 1.83 bits per heavy atom. The average molecular weight is 485 g/mol. The lowest BCUT2D eigenvalue weighted by atomic mass is 10.0. The fourth-order valence-corrected chi connectivity index (χ4v) is 5.63. The quantitative estimate of drug-likeness (QED) is 0.358. The predicted molar refractivity (Wildman–Crippen MR) is 132 cm³/mol. The van der Waals surface area contributed by atoms with Crippen molar-refractivity contribution in [3.63, 3.8) is 0 Å². The largest absolute Gasteiger partial charge is 0.489 e. The third-order valence-electron chi connectivity index (χ3n) is 6.15. The average Bonchev–Trinajstić information content (AvgIpc) is 3.49. The van der Waals surface area contributed by atoms with E-state index in [-0.39, 0.29) is 24.9 Å². The molecule has 1 aliphatic heterocycles. The molecule has 1 amide bonds. The second-order valence-corrected chi connectivity index (χ2v) is 9.36. The Bertz CT molecular complexity index is 1540. The molecule has 174 valence electrons. The van der Waals surface area contributed by atoms with Crippen LogP contribution in [-0.4, -0.2) is 20.7 Å². The number of fused-ring (bicyclic) bond motifs is 4. The van der Waals surface area contributed by atoms with Gasteiger partial charge in [-0.3, -0.25) is 9.36 Å². The number of rotatable bonds is 6. The van der Waals surface area contributed by atoms with Gasteiger partial charge in [-0.1, -0.05) is 42.5 Å². The summed E-state index contributed by atoms with van der Waals surface area (Å²) in [5.41, 5.74) is 2.81. The lowest BCUT2D eigenvalue weighted by Gasteiger charge is -2.19. The van der Waals surface area contributed by atoms with E-state index in [9.17, 15) is 9.18 Å². The zero-order chi connectivity index (χ0) is 23.8. The first-order chi connectivity index (χ1) is 17.2. The van der Waals surface area contributed by atoms with Crippen LogP contribution < -0.4 is 10.1 Å². The van der Waals surface area contributed by atoms with E-state index in [0.29, 0.717) is 32.1 Å². The standard InChI is InChI=1S/C27H21FN4O2S/c28-20-10-6-12-22-25(20)19(16-34-18-8-2-1-3-9-18)26(35-22)27(33)29-15-24-31-30-23-14-13-17-7-4-5-11-21(17)32(23)24/h1-12H,13-16H2,(H,29,33). The SMILES string of the molecule is O=C(NCc1nnc2n1-c1ccccc1CC2)c1sc2cccc(F)c2c1COc1ccccc1. The van der Waals surface area contributed by atoms with Crippen LogP contribution in [-0.2, 0) is 26.0 Å². The maximum absolute atomic E-state index is 14.8. The van der Waals surface area contributed by atoms with Crippen molar-refractivity contribution in [1.29, 1.82) is 0 Å². The first-order valence-electron chi connectivity index (χ1n) is 11.4. The highest BCUT2D eigenvalue weighted by atomic mass is 32.1. The van der Waals surface area contributed by atoms with Crippen molar-refractivity contribution < 1.29 is 13.9 Å². The lowest BCUT2D eigenvalue weighted by Crippen LogP contribution is -2.26. The molecule has 2 aromatic heterocycles. The number of ether oxygens (including phenoxy) is 1. The topological polar surface area (TPSA) is 69.0 Å². The van der Waals surface area contributed by atoms with Crippen LogP contribution in [0.5, 0.6) is 5.75 Å². The lowest BCUT2D eigenvalue weighted by molar-refractivity contribution is 0.0951. The summed E-state index contributed by atoms with van der Waals surface area (Å²) in [5.74, 6) is 1.54. The normalized spacial score (nSPS) is 12.3. The molecule has 0 atom stereocenters. The van der Waals surface area contributed by atoms with Crippen LogP contribution in [0, 0.1) is 5.82 Å². The molecule has 0 fully saturated rings. The van der Waals surface area contributed by atoms with E-state index in [2.05, 4.69) is 21.6 Å². The van der Waals surface area contributed by atoms with Gasteiger partial charge < -0.3 is 10.1 Å². The number of carbonyl (C=O) groups excluding carboxylic acids is 1. The minimum absolute atomic E-state index is 0.0847. The molecule has 0 aliphatic carbocycles. The minimum Gasteiger partial charge on any atom is -0.489 e. The van der Waals surface area contributed by atoms with Crippen LogP contribution in [0.15, 0.2) is 72.8 Å². The molecule has 0 saturated heterocycles. The van der Waals surface area contributed by atoms with E-state index < -0.39 is 0 Å². The van der Waals surface area contributed by atoms with Gasteiger partial charge in [-0.25, -0.2) is 4.39 Å². The van der Waals surface area contributed by atoms with Gasteiger partial charge in [0.2, 0.25) is 0 Å². The molecule has 6 nitrogen and oxygen atoms in total. The van der Waals surface area contributed by atoms with E-state index in [1.54, 1.807) is 6.07 Å². The first-order valence-corrected chi connectivity index (χ1v) is 12.2. The highest BCUT2D eigenvalue weighted by molar-refractivity contribution is 7.21. The molecule has 8 heteroatoms. The number of carbonyl (C=O) groups is 1. The summed E-state index contributed by atoms with van der Waals surface area (Å²) < 4.78 is 23.4. The molecule has 6 rings (SSSR count). The summed E-state index contributed by atoms with van der Waals surface area (Å²) in [5, 5.41) is 12.1. The number of hydrogen-bond acceptors (Lipinski definition) is 5. The molecule has 3 aromatic carbocycles. The number of aromatic nitrogens is 3. The van der Waals surface area contributed by atoms with Gasteiger partial charge in [-0.05, 0) is 42.3 Å². The van der Waals surface area contributed by atoms with Crippen molar-refractivity contribution in [2.24, 2.45) is 0 Å². The third kappa shape index (κ3) is 3.95. The van der Waals surface area contributed by atoms with Gasteiger partial charge in [0.25, 0.3) is 5.91 Å². The number of para-hydroxylation sites is 2. The van der Waals surface area contributed by atoms with E-state index in [1.165, 1.54) is 23.0 Å². The molecule has 1 aliphatic rings. The van der Waals surface area contributed by atoms with Crippen molar-refractivity contribution >= 4 is 27.3 Å². The van der Waals surface area contributed by atoms with Crippen LogP contribution in [0.1, 0.15) is 32.4 Å². The molecule has 0 saturated carbocycles.